The molecule has 162 valence electrons. The molecule has 4 heterocycles. The van der Waals surface area contributed by atoms with Crippen molar-refractivity contribution >= 4 is 17.1 Å². The summed E-state index contributed by atoms with van der Waals surface area (Å²) in [7, 11) is 1.80. The van der Waals surface area contributed by atoms with Crippen LogP contribution in [0.5, 0.6) is 0 Å². The van der Waals surface area contributed by atoms with Crippen molar-refractivity contribution in [3.8, 4) is 0 Å². The highest BCUT2D eigenvalue weighted by Crippen LogP contribution is 2.39. The maximum absolute atomic E-state index is 14.7. The van der Waals surface area contributed by atoms with Crippen LogP contribution in [0.4, 0.5) is 14.6 Å². The molecule has 2 aromatic heterocycles. The van der Waals surface area contributed by atoms with Gasteiger partial charge in [0.15, 0.2) is 0 Å². The summed E-state index contributed by atoms with van der Waals surface area (Å²) in [6.45, 7) is 0.469. The Hall–Kier alpha value is -3.14. The number of fused-ring (bicyclic) bond motifs is 1. The van der Waals surface area contributed by atoms with Gasteiger partial charge in [-0.1, -0.05) is 0 Å². The monoisotopic (exact) mass is 427 g/mol. The minimum atomic E-state index is -1.52. The molecule has 0 spiro atoms. The van der Waals surface area contributed by atoms with Crippen molar-refractivity contribution in [3.05, 3.63) is 53.6 Å². The molecule has 1 atom stereocenters. The molecule has 5 rings (SSSR count). The van der Waals surface area contributed by atoms with E-state index in [4.69, 9.17) is 0 Å². The number of rotatable bonds is 4. The molecule has 0 aromatic carbocycles. The van der Waals surface area contributed by atoms with Crippen molar-refractivity contribution in [1.82, 2.24) is 25.2 Å². The van der Waals surface area contributed by atoms with E-state index in [1.807, 2.05) is 11.0 Å². The highest BCUT2D eigenvalue weighted by molar-refractivity contribution is 6.05. The Labute approximate surface area is 178 Å². The number of alkyl halides is 1. The second kappa shape index (κ2) is 7.52. The van der Waals surface area contributed by atoms with Gasteiger partial charge in [0.1, 0.15) is 23.6 Å². The Morgan fingerprint density at radius 1 is 1.29 bits per heavy atom. The van der Waals surface area contributed by atoms with Crippen molar-refractivity contribution in [2.75, 3.05) is 24.6 Å². The number of aliphatic hydroxyl groups is 1. The van der Waals surface area contributed by atoms with Gasteiger partial charge in [-0.15, -0.1) is 0 Å². The quantitative estimate of drug-likeness (QED) is 0.777. The lowest BCUT2D eigenvalue weighted by atomic mass is 9.84. The number of hydrogen-bond donors (Lipinski definition) is 2. The van der Waals surface area contributed by atoms with E-state index in [2.05, 4.69) is 25.6 Å². The number of halogens is 2. The standard InChI is InChI=1S/C21H23F2N7O/c1-29-10-13(9-26-29)14-6-15-17(7-16(14)22)27-28-20(15)18-8-19(25-12-24-18)30-4-2-21(23,11-31)3-5-30/h7-10,12,15,27,31H,2-6,11H2,1H3. The molecule has 10 heteroatoms. The molecule has 3 aliphatic rings. The molecule has 1 unspecified atom stereocenters. The fraction of sp³-hybridized carbons (Fsp3) is 0.429. The normalized spacial score (nSPS) is 22.7. The van der Waals surface area contributed by atoms with Gasteiger partial charge in [0.05, 0.1) is 30.1 Å². The van der Waals surface area contributed by atoms with Crippen LogP contribution in [0.25, 0.3) is 5.57 Å². The third-order valence-corrected chi connectivity index (χ3v) is 6.23. The number of nitrogens with one attached hydrogen (secondary N) is 1. The Morgan fingerprint density at radius 2 is 2.10 bits per heavy atom. The van der Waals surface area contributed by atoms with E-state index in [1.54, 1.807) is 24.1 Å². The number of aromatic nitrogens is 4. The SMILES string of the molecule is Cn1cc(C2=C(F)C=C3NN=C(c4cc(N5CCC(F)(CO)CC5)ncn4)C3C2)cn1. The lowest BCUT2D eigenvalue weighted by molar-refractivity contribution is 0.0480. The molecule has 31 heavy (non-hydrogen) atoms. The van der Waals surface area contributed by atoms with Crippen LogP contribution in [-0.2, 0) is 7.05 Å². The molecule has 2 aliphatic heterocycles. The zero-order valence-electron chi connectivity index (χ0n) is 17.1. The Kier molecular flexibility index (Phi) is 4.81. The van der Waals surface area contributed by atoms with E-state index in [0.29, 0.717) is 42.3 Å². The number of hydrazone groups is 1. The topological polar surface area (TPSA) is 91.5 Å². The molecule has 1 aliphatic carbocycles. The number of anilines is 1. The summed E-state index contributed by atoms with van der Waals surface area (Å²) in [4.78, 5) is 10.7. The summed E-state index contributed by atoms with van der Waals surface area (Å²) >= 11 is 0. The minimum Gasteiger partial charge on any atom is -0.393 e. The van der Waals surface area contributed by atoms with Gasteiger partial charge < -0.3 is 10.0 Å². The van der Waals surface area contributed by atoms with Crippen molar-refractivity contribution in [3.63, 3.8) is 0 Å². The average molecular weight is 427 g/mol. The lowest BCUT2D eigenvalue weighted by Crippen LogP contribution is -2.44. The first-order valence-electron chi connectivity index (χ1n) is 10.3. The van der Waals surface area contributed by atoms with E-state index in [1.165, 1.54) is 12.4 Å². The number of hydrogen-bond acceptors (Lipinski definition) is 7. The number of allylic oxidation sites excluding steroid dienone is 4. The number of aryl methyl sites for hydroxylation is 1. The number of nitrogens with zero attached hydrogens (tertiary/aromatic N) is 6. The molecule has 2 N–H and O–H groups in total. The van der Waals surface area contributed by atoms with Crippen LogP contribution in [0.15, 0.2) is 47.5 Å². The van der Waals surface area contributed by atoms with Crippen LogP contribution < -0.4 is 10.3 Å². The number of aliphatic hydroxyl groups excluding tert-OH is 1. The van der Waals surface area contributed by atoms with E-state index >= 15 is 0 Å². The minimum absolute atomic E-state index is 0.147. The maximum Gasteiger partial charge on any atom is 0.137 e. The number of piperidine rings is 1. The van der Waals surface area contributed by atoms with Gasteiger partial charge >= 0.3 is 0 Å². The Balaban J connectivity index is 1.38. The lowest BCUT2D eigenvalue weighted by Gasteiger charge is -2.35. The van der Waals surface area contributed by atoms with Crippen LogP contribution in [0.3, 0.4) is 0 Å². The molecule has 0 amide bonds. The van der Waals surface area contributed by atoms with Gasteiger partial charge in [0.25, 0.3) is 0 Å². The van der Waals surface area contributed by atoms with E-state index in [-0.39, 0.29) is 24.6 Å². The predicted octanol–water partition coefficient (Wildman–Crippen LogP) is 2.10. The smallest absolute Gasteiger partial charge is 0.137 e. The van der Waals surface area contributed by atoms with Gasteiger partial charge in [0.2, 0.25) is 0 Å². The maximum atomic E-state index is 14.7. The molecule has 2 aromatic rings. The van der Waals surface area contributed by atoms with Gasteiger partial charge in [-0.2, -0.15) is 10.2 Å². The van der Waals surface area contributed by atoms with Crippen LogP contribution in [-0.4, -0.2) is 55.9 Å². The molecule has 0 saturated carbocycles. The van der Waals surface area contributed by atoms with Crippen LogP contribution in [0, 0.1) is 5.92 Å². The average Bonchev–Trinajstić information content (AvgIpc) is 3.39. The summed E-state index contributed by atoms with van der Waals surface area (Å²) < 4.78 is 30.7. The molecular weight excluding hydrogens is 404 g/mol. The van der Waals surface area contributed by atoms with Crippen molar-refractivity contribution in [2.24, 2.45) is 18.1 Å². The molecular formula is C21H23F2N7O. The highest BCUT2D eigenvalue weighted by Gasteiger charge is 2.36. The van der Waals surface area contributed by atoms with Gasteiger partial charge in [-0.25, -0.2) is 18.7 Å². The van der Waals surface area contributed by atoms with Crippen LogP contribution in [0.2, 0.25) is 0 Å². The van der Waals surface area contributed by atoms with Crippen molar-refractivity contribution in [1.29, 1.82) is 0 Å². The molecule has 0 bridgehead atoms. The molecule has 1 saturated heterocycles. The second-order valence-corrected chi connectivity index (χ2v) is 8.25. The molecule has 0 radical (unpaired) electrons. The third-order valence-electron chi connectivity index (χ3n) is 6.23. The fourth-order valence-electron chi connectivity index (χ4n) is 4.32. The summed E-state index contributed by atoms with van der Waals surface area (Å²) in [5.41, 5.74) is 4.82. The van der Waals surface area contributed by atoms with Gasteiger partial charge in [0, 0.05) is 56.5 Å². The second-order valence-electron chi connectivity index (χ2n) is 8.25. The summed E-state index contributed by atoms with van der Waals surface area (Å²) in [5, 5.41) is 17.8. The largest absolute Gasteiger partial charge is 0.393 e. The third kappa shape index (κ3) is 3.60. The van der Waals surface area contributed by atoms with Crippen LogP contribution >= 0.6 is 0 Å². The van der Waals surface area contributed by atoms with E-state index < -0.39 is 12.3 Å². The van der Waals surface area contributed by atoms with Gasteiger partial charge in [-0.3, -0.25) is 10.1 Å². The fourth-order valence-corrected chi connectivity index (χ4v) is 4.32. The Morgan fingerprint density at radius 3 is 2.81 bits per heavy atom. The zero-order valence-corrected chi connectivity index (χ0v) is 17.1. The van der Waals surface area contributed by atoms with E-state index in [9.17, 15) is 13.9 Å². The highest BCUT2D eigenvalue weighted by atomic mass is 19.1. The van der Waals surface area contributed by atoms with Crippen molar-refractivity contribution in [2.45, 2.75) is 24.9 Å². The van der Waals surface area contributed by atoms with E-state index in [0.717, 1.165) is 11.3 Å². The molecule has 8 nitrogen and oxygen atoms in total. The predicted molar refractivity (Wildman–Crippen MR) is 112 cm³/mol. The summed E-state index contributed by atoms with van der Waals surface area (Å²) in [6.07, 6.45) is 7.35. The first-order valence-corrected chi connectivity index (χ1v) is 10.3. The van der Waals surface area contributed by atoms with Gasteiger partial charge in [-0.05, 0) is 18.1 Å². The van der Waals surface area contributed by atoms with Crippen LogP contribution in [0.1, 0.15) is 30.5 Å². The van der Waals surface area contributed by atoms with Crippen molar-refractivity contribution < 1.29 is 13.9 Å². The first kappa shape index (κ1) is 19.8. The molecule has 1 fully saturated rings. The zero-order chi connectivity index (χ0) is 21.6. The summed E-state index contributed by atoms with van der Waals surface area (Å²) in [5.74, 6) is 0.250. The first-order chi connectivity index (χ1) is 15.0. The summed E-state index contributed by atoms with van der Waals surface area (Å²) in [6, 6.07) is 1.84. The Bertz CT molecular complexity index is 1100.